The molecule has 1 N–H and O–H groups in total. The van der Waals surface area contributed by atoms with Crippen LogP contribution in [0.25, 0.3) is 21.8 Å². The highest BCUT2D eigenvalue weighted by Crippen LogP contribution is 2.37. The van der Waals surface area contributed by atoms with Gasteiger partial charge in [0.1, 0.15) is 11.5 Å². The van der Waals surface area contributed by atoms with Gasteiger partial charge in [-0.25, -0.2) is 0 Å². The summed E-state index contributed by atoms with van der Waals surface area (Å²) in [7, 11) is 3.22. The zero-order valence-corrected chi connectivity index (χ0v) is 11.6. The van der Waals surface area contributed by atoms with Gasteiger partial charge in [0.25, 0.3) is 0 Å². The van der Waals surface area contributed by atoms with Gasteiger partial charge >= 0.3 is 0 Å². The maximum absolute atomic E-state index is 11.7. The summed E-state index contributed by atoms with van der Waals surface area (Å²) < 4.78 is 10.7. The van der Waals surface area contributed by atoms with Gasteiger partial charge in [0, 0.05) is 10.9 Å². The fraction of sp³-hybridized carbons (Fsp3) is 0.188. The molecule has 0 aliphatic heterocycles. The Morgan fingerprint density at radius 3 is 2.45 bits per heavy atom. The molecule has 0 aliphatic carbocycles. The van der Waals surface area contributed by atoms with Crippen LogP contribution in [-0.2, 0) is 0 Å². The molecule has 20 heavy (non-hydrogen) atoms. The Morgan fingerprint density at radius 2 is 1.80 bits per heavy atom. The standard InChI is InChI=1S/C16H15NO3/c1-9(18)11-5-7-14-15(16(11)20-3)12-8-10(19-2)4-6-13(12)17-14/h4-8,17H,1-3H3. The second kappa shape index (κ2) is 4.56. The zero-order chi connectivity index (χ0) is 14.3. The number of carbonyl (C=O) groups excluding carboxylic acids is 1. The molecule has 0 aliphatic rings. The number of hydrogen-bond donors (Lipinski definition) is 1. The number of Topliss-reactive ketones (excluding diaryl/α,β-unsaturated/α-hetero) is 1. The molecule has 0 fully saturated rings. The van der Waals surface area contributed by atoms with Crippen molar-refractivity contribution in [3.63, 3.8) is 0 Å². The molecule has 3 rings (SSSR count). The number of fused-ring (bicyclic) bond motifs is 3. The first-order valence-electron chi connectivity index (χ1n) is 6.33. The summed E-state index contributed by atoms with van der Waals surface area (Å²) >= 11 is 0. The van der Waals surface area contributed by atoms with E-state index in [2.05, 4.69) is 4.98 Å². The van der Waals surface area contributed by atoms with Crippen LogP contribution in [0.1, 0.15) is 17.3 Å². The second-order valence-electron chi connectivity index (χ2n) is 4.66. The Labute approximate surface area is 116 Å². The number of aromatic nitrogens is 1. The number of nitrogens with one attached hydrogen (secondary N) is 1. The first-order chi connectivity index (χ1) is 9.65. The summed E-state index contributed by atoms with van der Waals surface area (Å²) in [4.78, 5) is 15.1. The van der Waals surface area contributed by atoms with E-state index in [1.807, 2.05) is 24.3 Å². The van der Waals surface area contributed by atoms with E-state index in [-0.39, 0.29) is 5.78 Å². The van der Waals surface area contributed by atoms with Crippen molar-refractivity contribution in [1.82, 2.24) is 4.98 Å². The van der Waals surface area contributed by atoms with Crippen molar-refractivity contribution in [3.05, 3.63) is 35.9 Å². The van der Waals surface area contributed by atoms with Gasteiger partial charge in [-0.2, -0.15) is 0 Å². The Kier molecular flexibility index (Phi) is 2.86. The summed E-state index contributed by atoms with van der Waals surface area (Å²) in [5.74, 6) is 1.36. The summed E-state index contributed by atoms with van der Waals surface area (Å²) in [6.45, 7) is 1.54. The van der Waals surface area contributed by atoms with Crippen LogP contribution >= 0.6 is 0 Å². The molecule has 0 spiro atoms. The first kappa shape index (κ1) is 12.5. The number of carbonyl (C=O) groups is 1. The molecule has 0 amide bonds. The molecule has 0 radical (unpaired) electrons. The molecule has 0 atom stereocenters. The maximum Gasteiger partial charge on any atom is 0.163 e. The number of H-pyrrole nitrogens is 1. The van der Waals surface area contributed by atoms with Crippen molar-refractivity contribution in [3.8, 4) is 11.5 Å². The van der Waals surface area contributed by atoms with Gasteiger partial charge in [0.05, 0.1) is 30.7 Å². The van der Waals surface area contributed by atoms with Gasteiger partial charge in [0.15, 0.2) is 5.78 Å². The van der Waals surface area contributed by atoms with Crippen LogP contribution < -0.4 is 9.47 Å². The van der Waals surface area contributed by atoms with Crippen molar-refractivity contribution >= 4 is 27.6 Å². The van der Waals surface area contributed by atoms with Crippen LogP contribution in [-0.4, -0.2) is 25.0 Å². The van der Waals surface area contributed by atoms with Gasteiger partial charge in [-0.15, -0.1) is 0 Å². The topological polar surface area (TPSA) is 51.3 Å². The molecule has 3 aromatic rings. The molecular weight excluding hydrogens is 254 g/mol. The molecule has 2 aromatic carbocycles. The van der Waals surface area contributed by atoms with Gasteiger partial charge < -0.3 is 14.5 Å². The minimum atomic E-state index is -0.0130. The number of aromatic amines is 1. The number of ketones is 1. The summed E-state index contributed by atoms with van der Waals surface area (Å²) in [5, 5.41) is 1.90. The molecule has 4 heteroatoms. The van der Waals surface area contributed by atoms with Gasteiger partial charge in [-0.3, -0.25) is 4.79 Å². The Bertz CT molecular complexity index is 817. The van der Waals surface area contributed by atoms with E-state index >= 15 is 0 Å². The molecule has 1 aromatic heterocycles. The lowest BCUT2D eigenvalue weighted by Crippen LogP contribution is -1.97. The highest BCUT2D eigenvalue weighted by molar-refractivity contribution is 6.14. The highest BCUT2D eigenvalue weighted by atomic mass is 16.5. The van der Waals surface area contributed by atoms with Crippen molar-refractivity contribution < 1.29 is 14.3 Å². The molecule has 4 nitrogen and oxygen atoms in total. The monoisotopic (exact) mass is 269 g/mol. The fourth-order valence-corrected chi connectivity index (χ4v) is 2.55. The number of methoxy groups -OCH3 is 2. The Balaban J connectivity index is 2.46. The van der Waals surface area contributed by atoms with Crippen molar-refractivity contribution in [2.75, 3.05) is 14.2 Å². The number of ether oxygens (including phenoxy) is 2. The van der Waals surface area contributed by atoms with E-state index < -0.39 is 0 Å². The molecular formula is C16H15NO3. The molecule has 0 saturated carbocycles. The maximum atomic E-state index is 11.7. The van der Waals surface area contributed by atoms with Crippen LogP contribution in [0.4, 0.5) is 0 Å². The third-order valence-electron chi connectivity index (χ3n) is 3.51. The molecule has 0 unspecified atom stereocenters. The lowest BCUT2D eigenvalue weighted by Gasteiger charge is -2.07. The Hall–Kier alpha value is -2.49. The third-order valence-corrected chi connectivity index (χ3v) is 3.51. The summed E-state index contributed by atoms with van der Waals surface area (Å²) in [6.07, 6.45) is 0. The molecule has 102 valence electrons. The smallest absolute Gasteiger partial charge is 0.163 e. The highest BCUT2D eigenvalue weighted by Gasteiger charge is 2.16. The van der Waals surface area contributed by atoms with Crippen molar-refractivity contribution in [2.45, 2.75) is 6.92 Å². The van der Waals surface area contributed by atoms with E-state index in [0.717, 1.165) is 27.6 Å². The van der Waals surface area contributed by atoms with Gasteiger partial charge in [-0.05, 0) is 37.3 Å². The lowest BCUT2D eigenvalue weighted by molar-refractivity contribution is 0.101. The van der Waals surface area contributed by atoms with E-state index in [1.165, 1.54) is 0 Å². The van der Waals surface area contributed by atoms with Crippen LogP contribution in [0.5, 0.6) is 11.5 Å². The first-order valence-corrected chi connectivity index (χ1v) is 6.33. The molecule has 0 bridgehead atoms. The van der Waals surface area contributed by atoms with E-state index in [9.17, 15) is 4.79 Å². The third kappa shape index (κ3) is 1.72. The lowest BCUT2D eigenvalue weighted by atomic mass is 10.0. The summed E-state index contributed by atoms with van der Waals surface area (Å²) in [6, 6.07) is 9.49. The largest absolute Gasteiger partial charge is 0.497 e. The van der Waals surface area contributed by atoms with E-state index in [4.69, 9.17) is 9.47 Å². The van der Waals surface area contributed by atoms with Gasteiger partial charge in [0.2, 0.25) is 0 Å². The average Bonchev–Trinajstić information content (AvgIpc) is 2.83. The number of benzene rings is 2. The SMILES string of the molecule is COc1ccc2[nH]c3ccc(C(C)=O)c(OC)c3c2c1. The minimum Gasteiger partial charge on any atom is -0.497 e. The van der Waals surface area contributed by atoms with Gasteiger partial charge in [-0.1, -0.05) is 0 Å². The van der Waals surface area contributed by atoms with E-state index in [1.54, 1.807) is 27.2 Å². The van der Waals surface area contributed by atoms with Crippen molar-refractivity contribution in [1.29, 1.82) is 0 Å². The van der Waals surface area contributed by atoms with Crippen molar-refractivity contribution in [2.24, 2.45) is 0 Å². The van der Waals surface area contributed by atoms with Crippen LogP contribution in [0, 0.1) is 0 Å². The Morgan fingerprint density at radius 1 is 1.05 bits per heavy atom. The molecule has 1 heterocycles. The predicted molar refractivity (Wildman–Crippen MR) is 78.9 cm³/mol. The summed E-state index contributed by atoms with van der Waals surface area (Å²) in [5.41, 5.74) is 2.51. The minimum absolute atomic E-state index is 0.0130. The van der Waals surface area contributed by atoms with Crippen LogP contribution in [0.2, 0.25) is 0 Å². The normalized spacial score (nSPS) is 10.9. The zero-order valence-electron chi connectivity index (χ0n) is 11.6. The quantitative estimate of drug-likeness (QED) is 0.740. The molecule has 0 saturated heterocycles. The van der Waals surface area contributed by atoms with E-state index in [0.29, 0.717) is 11.3 Å². The predicted octanol–water partition coefficient (Wildman–Crippen LogP) is 3.54. The van der Waals surface area contributed by atoms with Crippen LogP contribution in [0.15, 0.2) is 30.3 Å². The number of rotatable bonds is 3. The number of hydrogen-bond acceptors (Lipinski definition) is 3. The van der Waals surface area contributed by atoms with Crippen LogP contribution in [0.3, 0.4) is 0 Å². The second-order valence-corrected chi connectivity index (χ2v) is 4.66. The fourth-order valence-electron chi connectivity index (χ4n) is 2.55. The average molecular weight is 269 g/mol.